The van der Waals surface area contributed by atoms with Gasteiger partial charge in [0.1, 0.15) is 17.4 Å². The van der Waals surface area contributed by atoms with Crippen molar-refractivity contribution in [3.8, 4) is 16.9 Å². The Hall–Kier alpha value is -2.61. The highest BCUT2D eigenvalue weighted by Gasteiger charge is 2.47. The second-order valence-electron chi connectivity index (χ2n) is 16.8. The number of aromatic amines is 1. The van der Waals surface area contributed by atoms with E-state index in [2.05, 4.69) is 124 Å². The largest absolute Gasteiger partial charge is 0.543 e. The van der Waals surface area contributed by atoms with Crippen LogP contribution in [0.2, 0.25) is 16.6 Å². The van der Waals surface area contributed by atoms with Crippen LogP contribution in [0.25, 0.3) is 22.0 Å². The third-order valence-electron chi connectivity index (χ3n) is 9.91. The lowest BCUT2D eigenvalue weighted by atomic mass is 9.86. The van der Waals surface area contributed by atoms with Crippen LogP contribution < -0.4 is 15.2 Å². The van der Waals surface area contributed by atoms with Crippen molar-refractivity contribution in [3.05, 3.63) is 51.2 Å². The number of fused-ring (bicyclic) bond motifs is 1. The second-order valence-corrected chi connectivity index (χ2v) is 23.3. The Bertz CT molecular complexity index is 1700. The minimum Gasteiger partial charge on any atom is -0.543 e. The molecule has 1 fully saturated rings. The van der Waals surface area contributed by atoms with E-state index in [1.165, 1.54) is 10.6 Å². The average molecular weight is 834 g/mol. The van der Waals surface area contributed by atoms with E-state index in [9.17, 15) is 14.7 Å². The zero-order chi connectivity index (χ0) is 38.8. The molecule has 1 saturated heterocycles. The minimum absolute atomic E-state index is 0.0813. The highest BCUT2D eigenvalue weighted by molar-refractivity contribution is 14.1. The molecule has 0 spiro atoms. The topological polar surface area (TPSA) is 116 Å². The summed E-state index contributed by atoms with van der Waals surface area (Å²) in [5.41, 5.74) is 8.00. The number of aromatic nitrogens is 1. The Morgan fingerprint density at radius 3 is 2.25 bits per heavy atom. The first-order valence-corrected chi connectivity index (χ1v) is 21.6. The Kier molecular flexibility index (Phi) is 12.9. The molecule has 4 N–H and O–H groups in total. The van der Waals surface area contributed by atoms with E-state index in [1.807, 2.05) is 6.07 Å². The molecule has 1 aromatic heterocycles. The molecule has 1 aliphatic heterocycles. The lowest BCUT2D eigenvalue weighted by Gasteiger charge is -2.42. The molecule has 11 heteroatoms. The number of carbonyl (C=O) groups is 2. The van der Waals surface area contributed by atoms with Crippen molar-refractivity contribution in [1.82, 2.24) is 20.7 Å². The molecule has 2 aromatic carbocycles. The Labute approximate surface area is 321 Å². The second kappa shape index (κ2) is 16.6. The summed E-state index contributed by atoms with van der Waals surface area (Å²) in [6, 6.07) is 11.7. The van der Waals surface area contributed by atoms with E-state index in [4.69, 9.17) is 10.5 Å². The van der Waals surface area contributed by atoms with Crippen LogP contribution in [0.5, 0.6) is 5.75 Å². The molecular weight excluding hydrogens is 771 g/mol. The molecule has 9 nitrogen and oxygen atoms in total. The minimum atomic E-state index is -2.37. The number of amides is 2. The number of hydrogen-bond donors (Lipinski definition) is 4. The summed E-state index contributed by atoms with van der Waals surface area (Å²) in [5, 5.41) is 15.5. The molecule has 0 aliphatic carbocycles. The fourth-order valence-electron chi connectivity index (χ4n) is 7.50. The predicted molar refractivity (Wildman–Crippen MR) is 219 cm³/mol. The number of carbonyl (C=O) groups excluding carboxylic acids is 2. The zero-order valence-corrected chi connectivity index (χ0v) is 35.7. The number of hydrazine groups is 1. The standard InChI is InChI=1S/C40H61IN4O5Si/c1-25(2)51(26(3)4,27(5)6)50-31-19-28(20-35(44-38(48)49-39(7,8)9)37(47)45-17-13-12-16-42-45)18-30(21-31)29-14-15-34-32(22-29)33(36(41)43-34)23-40(10,11)24-46/h14-15,18-19,21-22,25-27,35,42-43,46H,12-13,16-17,20,23-24H2,1-11H3,(H,44,48)/t35-/m0/s1/i16D/t16-,35-. The molecule has 282 valence electrons. The number of halogens is 1. The van der Waals surface area contributed by atoms with Gasteiger partial charge in [-0.1, -0.05) is 67.5 Å². The number of aliphatic hydroxyl groups is 1. The molecule has 2 heterocycles. The van der Waals surface area contributed by atoms with Gasteiger partial charge < -0.3 is 24.6 Å². The Morgan fingerprint density at radius 1 is 1.00 bits per heavy atom. The van der Waals surface area contributed by atoms with E-state index in [0.29, 0.717) is 36.0 Å². The fourth-order valence-corrected chi connectivity index (χ4v) is 13.5. The van der Waals surface area contributed by atoms with E-state index in [1.54, 1.807) is 20.8 Å². The number of nitrogens with one attached hydrogen (secondary N) is 3. The molecular formula is C40H61IN4O5Si. The van der Waals surface area contributed by atoms with Crippen LogP contribution in [0, 0.1) is 9.12 Å². The van der Waals surface area contributed by atoms with Crippen LogP contribution in [0.4, 0.5) is 4.79 Å². The van der Waals surface area contributed by atoms with Gasteiger partial charge in [-0.15, -0.1) is 0 Å². The van der Waals surface area contributed by atoms with E-state index in [0.717, 1.165) is 43.5 Å². The van der Waals surface area contributed by atoms with Crippen molar-refractivity contribution in [2.24, 2.45) is 5.41 Å². The van der Waals surface area contributed by atoms with Crippen molar-refractivity contribution in [2.75, 3.05) is 19.7 Å². The van der Waals surface area contributed by atoms with Crippen molar-refractivity contribution >= 4 is 53.8 Å². The quantitative estimate of drug-likeness (QED) is 0.101. The van der Waals surface area contributed by atoms with Gasteiger partial charge in [0, 0.05) is 38.4 Å². The molecule has 2 atom stereocenters. The smallest absolute Gasteiger partial charge is 0.408 e. The van der Waals surface area contributed by atoms with Crippen LogP contribution in [0.15, 0.2) is 36.4 Å². The van der Waals surface area contributed by atoms with Crippen molar-refractivity contribution < 1.29 is 25.2 Å². The predicted octanol–water partition coefficient (Wildman–Crippen LogP) is 9.12. The van der Waals surface area contributed by atoms with Gasteiger partial charge >= 0.3 is 6.09 Å². The van der Waals surface area contributed by atoms with Gasteiger partial charge in [-0.05, 0) is 131 Å². The van der Waals surface area contributed by atoms with E-state index < -0.39 is 32.6 Å². The number of hydrogen-bond acceptors (Lipinski definition) is 6. The number of benzene rings is 2. The number of ether oxygens (including phenoxy) is 1. The summed E-state index contributed by atoms with van der Waals surface area (Å²) < 4.78 is 22.2. The molecule has 1 aliphatic rings. The summed E-state index contributed by atoms with van der Waals surface area (Å²) in [6.07, 6.45) is 1.59. The van der Waals surface area contributed by atoms with Gasteiger partial charge in [0.15, 0.2) is 0 Å². The first-order valence-electron chi connectivity index (χ1n) is 19.0. The van der Waals surface area contributed by atoms with Crippen molar-refractivity contribution in [1.29, 1.82) is 0 Å². The maximum Gasteiger partial charge on any atom is 0.408 e. The Morgan fingerprint density at radius 2 is 1.67 bits per heavy atom. The van der Waals surface area contributed by atoms with Gasteiger partial charge in [-0.2, -0.15) is 0 Å². The van der Waals surface area contributed by atoms with Gasteiger partial charge in [0.25, 0.3) is 14.2 Å². The molecule has 0 radical (unpaired) electrons. The summed E-state index contributed by atoms with van der Waals surface area (Å²) >= 11 is 2.35. The normalized spacial score (nSPS) is 16.9. The number of nitrogens with zero attached hydrogens (tertiary/aromatic N) is 1. The number of aliphatic hydroxyl groups excluding tert-OH is 1. The lowest BCUT2D eigenvalue weighted by Crippen LogP contribution is -2.56. The molecule has 4 rings (SSSR count). The van der Waals surface area contributed by atoms with Gasteiger partial charge in [-0.3, -0.25) is 9.80 Å². The van der Waals surface area contributed by atoms with Crippen LogP contribution in [-0.2, 0) is 22.4 Å². The molecule has 0 bridgehead atoms. The maximum atomic E-state index is 14.1. The Balaban J connectivity index is 1.87. The zero-order valence-electron chi connectivity index (χ0n) is 33.5. The maximum absolute atomic E-state index is 14.1. The molecule has 51 heavy (non-hydrogen) atoms. The SMILES string of the molecule is [2H][C@H]1CCCN(C(=O)[C@H](Cc2cc(O[Si](C(C)C)(C(C)C)C(C)C)cc(-c3ccc4[nH]c(I)c(CC(C)(C)CO)c4c3)c2)NC(=O)OC(C)(C)C)N1. The highest BCUT2D eigenvalue weighted by atomic mass is 127. The van der Waals surface area contributed by atoms with Gasteiger partial charge in [0.05, 0.1) is 3.70 Å². The molecule has 3 aromatic rings. The van der Waals surface area contributed by atoms with Gasteiger partial charge in [0.2, 0.25) is 0 Å². The summed E-state index contributed by atoms with van der Waals surface area (Å²) in [5.74, 6) is 0.442. The van der Waals surface area contributed by atoms with Crippen LogP contribution in [0.3, 0.4) is 0 Å². The number of rotatable bonds is 13. The van der Waals surface area contributed by atoms with Crippen LogP contribution in [-0.4, -0.2) is 66.7 Å². The van der Waals surface area contributed by atoms with E-state index >= 15 is 0 Å². The molecule has 0 saturated carbocycles. The highest BCUT2D eigenvalue weighted by Crippen LogP contribution is 2.44. The van der Waals surface area contributed by atoms with Crippen LogP contribution >= 0.6 is 22.6 Å². The average Bonchev–Trinajstić information content (AvgIpc) is 3.34. The first kappa shape index (κ1) is 39.6. The molecule has 0 unspecified atom stereocenters. The molecule has 2 amide bonds. The first-order chi connectivity index (χ1) is 24.2. The number of H-pyrrole nitrogens is 1. The lowest BCUT2D eigenvalue weighted by molar-refractivity contribution is -0.137. The van der Waals surface area contributed by atoms with Crippen molar-refractivity contribution in [2.45, 2.75) is 130 Å². The van der Waals surface area contributed by atoms with Crippen LogP contribution in [0.1, 0.15) is 102 Å². The third-order valence-corrected chi connectivity index (χ3v) is 16.8. The van der Waals surface area contributed by atoms with Gasteiger partial charge in [-0.25, -0.2) is 10.2 Å². The third kappa shape index (κ3) is 10.1. The summed E-state index contributed by atoms with van der Waals surface area (Å²) in [4.78, 5) is 30.8. The monoisotopic (exact) mass is 833 g/mol. The summed E-state index contributed by atoms with van der Waals surface area (Å²) in [6.45, 7) is 23.0. The summed E-state index contributed by atoms with van der Waals surface area (Å²) in [7, 11) is -2.37. The fraction of sp³-hybridized carbons (Fsp3) is 0.600. The van der Waals surface area contributed by atoms with Crippen molar-refractivity contribution in [3.63, 3.8) is 0 Å². The van der Waals surface area contributed by atoms with E-state index in [-0.39, 0.29) is 24.3 Å². The number of alkyl carbamates (subject to hydrolysis) is 1.